The van der Waals surface area contributed by atoms with Crippen molar-refractivity contribution in [2.45, 2.75) is 51.6 Å². The Labute approximate surface area is 108 Å². The van der Waals surface area contributed by atoms with Crippen molar-refractivity contribution in [3.63, 3.8) is 0 Å². The standard InChI is InChI=1S/C14H21NO3/c1-9-5-4-8-11(12(9)13(15)16)14(17)18-10-6-2-3-7-10/h8-10,12H,2-7H2,1H3,(H2,15,16). The van der Waals surface area contributed by atoms with E-state index in [9.17, 15) is 9.59 Å². The highest BCUT2D eigenvalue weighted by Gasteiger charge is 2.35. The Morgan fingerprint density at radius 3 is 2.56 bits per heavy atom. The summed E-state index contributed by atoms with van der Waals surface area (Å²) >= 11 is 0. The molecule has 1 amide bonds. The molecule has 0 heterocycles. The third kappa shape index (κ3) is 2.74. The fourth-order valence-corrected chi connectivity index (χ4v) is 2.97. The van der Waals surface area contributed by atoms with Crippen LogP contribution in [0.5, 0.6) is 0 Å². The second-order valence-corrected chi connectivity index (χ2v) is 5.41. The van der Waals surface area contributed by atoms with Crippen molar-refractivity contribution in [3.8, 4) is 0 Å². The van der Waals surface area contributed by atoms with Crippen molar-refractivity contribution in [1.82, 2.24) is 0 Å². The Kier molecular flexibility index (Phi) is 4.04. The molecule has 2 atom stereocenters. The van der Waals surface area contributed by atoms with Crippen LogP contribution in [0.25, 0.3) is 0 Å². The minimum absolute atomic E-state index is 0.0316. The van der Waals surface area contributed by atoms with Gasteiger partial charge in [0.15, 0.2) is 0 Å². The van der Waals surface area contributed by atoms with Gasteiger partial charge in [0, 0.05) is 5.57 Å². The minimum atomic E-state index is -0.479. The third-order valence-corrected chi connectivity index (χ3v) is 4.01. The number of hydrogen-bond donors (Lipinski definition) is 1. The highest BCUT2D eigenvalue weighted by molar-refractivity contribution is 5.97. The molecule has 1 fully saturated rings. The zero-order valence-corrected chi connectivity index (χ0v) is 10.9. The lowest BCUT2D eigenvalue weighted by Gasteiger charge is -2.27. The highest BCUT2D eigenvalue weighted by Crippen LogP contribution is 2.32. The summed E-state index contributed by atoms with van der Waals surface area (Å²) in [6, 6.07) is 0. The molecule has 0 radical (unpaired) electrons. The Balaban J connectivity index is 2.06. The van der Waals surface area contributed by atoms with E-state index in [2.05, 4.69) is 0 Å². The van der Waals surface area contributed by atoms with E-state index < -0.39 is 11.8 Å². The zero-order chi connectivity index (χ0) is 13.1. The number of nitrogens with two attached hydrogens (primary N) is 1. The van der Waals surface area contributed by atoms with Crippen molar-refractivity contribution >= 4 is 11.9 Å². The van der Waals surface area contributed by atoms with E-state index in [0.29, 0.717) is 5.57 Å². The molecule has 0 aromatic rings. The van der Waals surface area contributed by atoms with Crippen LogP contribution >= 0.6 is 0 Å². The predicted molar refractivity (Wildman–Crippen MR) is 67.5 cm³/mol. The summed E-state index contributed by atoms with van der Waals surface area (Å²) in [6.07, 6.45) is 7.69. The van der Waals surface area contributed by atoms with Crippen molar-refractivity contribution in [1.29, 1.82) is 0 Å². The molecule has 2 unspecified atom stereocenters. The van der Waals surface area contributed by atoms with Crippen LogP contribution < -0.4 is 5.73 Å². The van der Waals surface area contributed by atoms with Crippen molar-refractivity contribution in [3.05, 3.63) is 11.6 Å². The first kappa shape index (κ1) is 13.1. The molecule has 0 aromatic heterocycles. The molecule has 18 heavy (non-hydrogen) atoms. The van der Waals surface area contributed by atoms with Gasteiger partial charge in [-0.05, 0) is 44.4 Å². The molecule has 1 saturated carbocycles. The van der Waals surface area contributed by atoms with Crippen LogP contribution in [0.4, 0.5) is 0 Å². The number of ether oxygens (including phenoxy) is 1. The number of primary amides is 1. The van der Waals surface area contributed by atoms with Gasteiger partial charge in [-0.2, -0.15) is 0 Å². The maximum Gasteiger partial charge on any atom is 0.334 e. The number of amides is 1. The monoisotopic (exact) mass is 251 g/mol. The molecule has 4 heteroatoms. The quantitative estimate of drug-likeness (QED) is 0.779. The lowest BCUT2D eigenvalue weighted by Crippen LogP contribution is -2.36. The molecule has 0 spiro atoms. The molecule has 2 aliphatic rings. The number of esters is 1. The van der Waals surface area contributed by atoms with Crippen molar-refractivity contribution in [2.24, 2.45) is 17.6 Å². The van der Waals surface area contributed by atoms with E-state index >= 15 is 0 Å². The number of hydrogen-bond acceptors (Lipinski definition) is 3. The van der Waals surface area contributed by atoms with E-state index in [4.69, 9.17) is 10.5 Å². The van der Waals surface area contributed by atoms with Gasteiger partial charge in [0.1, 0.15) is 6.10 Å². The van der Waals surface area contributed by atoms with Gasteiger partial charge in [-0.3, -0.25) is 4.79 Å². The average molecular weight is 251 g/mol. The SMILES string of the molecule is CC1CCC=C(C(=O)OC2CCCC2)C1C(N)=O. The Bertz CT molecular complexity index is 369. The molecule has 0 saturated heterocycles. The molecule has 0 aliphatic heterocycles. The van der Waals surface area contributed by atoms with Gasteiger partial charge < -0.3 is 10.5 Å². The molecule has 2 N–H and O–H groups in total. The molecule has 2 aliphatic carbocycles. The lowest BCUT2D eigenvalue weighted by molar-refractivity contribution is -0.146. The van der Waals surface area contributed by atoms with Crippen molar-refractivity contribution < 1.29 is 14.3 Å². The molecular formula is C14H21NO3. The van der Waals surface area contributed by atoms with E-state index in [1.54, 1.807) is 0 Å². The van der Waals surface area contributed by atoms with E-state index in [1.807, 2.05) is 13.0 Å². The maximum absolute atomic E-state index is 12.1. The van der Waals surface area contributed by atoms with Crippen LogP contribution in [0.1, 0.15) is 45.4 Å². The second kappa shape index (κ2) is 5.55. The van der Waals surface area contributed by atoms with Crippen LogP contribution in [-0.2, 0) is 14.3 Å². The number of allylic oxidation sites excluding steroid dienone is 1. The largest absolute Gasteiger partial charge is 0.459 e. The van der Waals surface area contributed by atoms with Gasteiger partial charge in [-0.15, -0.1) is 0 Å². The first-order valence-electron chi connectivity index (χ1n) is 6.80. The molecule has 0 aromatic carbocycles. The predicted octanol–water partition coefficient (Wildman–Crippen LogP) is 1.93. The van der Waals surface area contributed by atoms with Gasteiger partial charge in [-0.1, -0.05) is 13.0 Å². The summed E-state index contributed by atoms with van der Waals surface area (Å²) in [5.41, 5.74) is 5.89. The normalized spacial score (nSPS) is 28.8. The second-order valence-electron chi connectivity index (χ2n) is 5.41. The van der Waals surface area contributed by atoms with Gasteiger partial charge in [0.25, 0.3) is 0 Å². The minimum Gasteiger partial charge on any atom is -0.459 e. The third-order valence-electron chi connectivity index (χ3n) is 4.01. The van der Waals surface area contributed by atoms with Crippen molar-refractivity contribution in [2.75, 3.05) is 0 Å². The molecule has 0 bridgehead atoms. The zero-order valence-electron chi connectivity index (χ0n) is 10.9. The number of carbonyl (C=O) groups excluding carboxylic acids is 2. The summed E-state index contributed by atoms with van der Waals surface area (Å²) in [4.78, 5) is 23.6. The summed E-state index contributed by atoms with van der Waals surface area (Å²) < 4.78 is 5.46. The van der Waals surface area contributed by atoms with Gasteiger partial charge in [-0.25, -0.2) is 4.79 Å². The van der Waals surface area contributed by atoms with Crippen LogP contribution in [0.15, 0.2) is 11.6 Å². The van der Waals surface area contributed by atoms with Crippen LogP contribution in [0.2, 0.25) is 0 Å². The summed E-state index contributed by atoms with van der Waals surface area (Å²) in [5.74, 6) is -1.11. The van der Waals surface area contributed by atoms with Crippen LogP contribution in [0, 0.1) is 11.8 Å². The Morgan fingerprint density at radius 2 is 1.94 bits per heavy atom. The fraction of sp³-hybridized carbons (Fsp3) is 0.714. The molecule has 100 valence electrons. The maximum atomic E-state index is 12.1. The van der Waals surface area contributed by atoms with Crippen LogP contribution in [-0.4, -0.2) is 18.0 Å². The Hall–Kier alpha value is -1.32. The Morgan fingerprint density at radius 1 is 1.28 bits per heavy atom. The highest BCUT2D eigenvalue weighted by atomic mass is 16.5. The van der Waals surface area contributed by atoms with Crippen LogP contribution in [0.3, 0.4) is 0 Å². The van der Waals surface area contributed by atoms with E-state index in [0.717, 1.165) is 38.5 Å². The van der Waals surface area contributed by atoms with Gasteiger partial charge >= 0.3 is 5.97 Å². The van der Waals surface area contributed by atoms with Gasteiger partial charge in [0.2, 0.25) is 5.91 Å². The summed E-state index contributed by atoms with van der Waals surface area (Å²) in [7, 11) is 0. The summed E-state index contributed by atoms with van der Waals surface area (Å²) in [5, 5.41) is 0. The van der Waals surface area contributed by atoms with Gasteiger partial charge in [0.05, 0.1) is 5.92 Å². The number of rotatable bonds is 3. The van der Waals surface area contributed by atoms with E-state index in [1.165, 1.54) is 0 Å². The average Bonchev–Trinajstić information content (AvgIpc) is 2.80. The molecule has 4 nitrogen and oxygen atoms in total. The smallest absolute Gasteiger partial charge is 0.334 e. The number of carbonyl (C=O) groups is 2. The topological polar surface area (TPSA) is 69.4 Å². The summed E-state index contributed by atoms with van der Waals surface area (Å²) in [6.45, 7) is 1.96. The first-order chi connectivity index (χ1) is 8.59. The molecular weight excluding hydrogens is 230 g/mol. The lowest BCUT2D eigenvalue weighted by atomic mass is 9.79. The fourth-order valence-electron chi connectivity index (χ4n) is 2.97. The molecule has 2 rings (SSSR count). The first-order valence-corrected chi connectivity index (χ1v) is 6.80. The van der Waals surface area contributed by atoms with E-state index in [-0.39, 0.29) is 18.0 Å².